The molecule has 100 valence electrons. The first-order chi connectivity index (χ1) is 8.65. The molecule has 1 fully saturated rings. The van der Waals surface area contributed by atoms with Gasteiger partial charge < -0.3 is 9.84 Å². The summed E-state index contributed by atoms with van der Waals surface area (Å²) >= 11 is 0. The van der Waals surface area contributed by atoms with E-state index in [2.05, 4.69) is 36.9 Å². The molecule has 1 atom stereocenters. The van der Waals surface area contributed by atoms with Crippen molar-refractivity contribution in [3.8, 4) is 0 Å². The van der Waals surface area contributed by atoms with Gasteiger partial charge in [-0.05, 0) is 25.8 Å². The van der Waals surface area contributed by atoms with Gasteiger partial charge in [0.1, 0.15) is 0 Å². The lowest BCUT2D eigenvalue weighted by Gasteiger charge is -2.27. The lowest BCUT2D eigenvalue weighted by atomic mass is 10.0. The smallest absolute Gasteiger partial charge is 0.0802 e. The van der Waals surface area contributed by atoms with Gasteiger partial charge in [-0.1, -0.05) is 29.3 Å². The fourth-order valence-electron chi connectivity index (χ4n) is 2.50. The summed E-state index contributed by atoms with van der Waals surface area (Å²) in [6.07, 6.45) is 0.439. The van der Waals surface area contributed by atoms with E-state index in [0.29, 0.717) is 0 Å². The van der Waals surface area contributed by atoms with Crippen molar-refractivity contribution in [1.82, 2.24) is 4.90 Å². The van der Waals surface area contributed by atoms with E-state index in [4.69, 9.17) is 4.74 Å². The molecule has 1 aromatic carbocycles. The summed E-state index contributed by atoms with van der Waals surface area (Å²) in [4.78, 5) is 2.36. The van der Waals surface area contributed by atoms with E-state index >= 15 is 0 Å². The van der Waals surface area contributed by atoms with Crippen molar-refractivity contribution in [3.05, 3.63) is 34.9 Å². The highest BCUT2D eigenvalue weighted by Crippen LogP contribution is 2.20. The molecule has 1 aromatic rings. The Hall–Kier alpha value is -0.900. The van der Waals surface area contributed by atoms with E-state index in [1.54, 1.807) is 0 Å². The predicted molar refractivity (Wildman–Crippen MR) is 72.8 cm³/mol. The molecule has 3 heteroatoms. The van der Waals surface area contributed by atoms with Crippen LogP contribution in [0.3, 0.4) is 0 Å². The van der Waals surface area contributed by atoms with Crippen LogP contribution in [0.5, 0.6) is 0 Å². The number of morpholine rings is 1. The van der Waals surface area contributed by atoms with Crippen LogP contribution in [0.15, 0.2) is 18.2 Å². The van der Waals surface area contributed by atoms with E-state index in [0.717, 1.165) is 44.8 Å². The molecule has 18 heavy (non-hydrogen) atoms. The summed E-state index contributed by atoms with van der Waals surface area (Å²) < 4.78 is 5.32. The van der Waals surface area contributed by atoms with Crippen LogP contribution in [0, 0.1) is 13.8 Å². The third-order valence-electron chi connectivity index (χ3n) is 3.45. The van der Waals surface area contributed by atoms with Crippen LogP contribution in [0.4, 0.5) is 0 Å². The van der Waals surface area contributed by atoms with E-state index < -0.39 is 0 Å². The Bertz CT molecular complexity index is 366. The van der Waals surface area contributed by atoms with Crippen molar-refractivity contribution in [2.75, 3.05) is 32.8 Å². The summed E-state index contributed by atoms with van der Waals surface area (Å²) in [6, 6.07) is 6.30. The van der Waals surface area contributed by atoms with Gasteiger partial charge in [0.25, 0.3) is 0 Å². The summed E-state index contributed by atoms with van der Waals surface area (Å²) in [7, 11) is 0. The zero-order valence-corrected chi connectivity index (χ0v) is 11.4. The Balaban J connectivity index is 1.88. The highest BCUT2D eigenvalue weighted by Gasteiger charge is 2.14. The highest BCUT2D eigenvalue weighted by molar-refractivity contribution is 5.29. The van der Waals surface area contributed by atoms with Crippen LogP contribution in [0.2, 0.25) is 0 Å². The zero-order chi connectivity index (χ0) is 13.0. The molecule has 0 aromatic heterocycles. The predicted octanol–water partition coefficient (Wildman–Crippen LogP) is 2.06. The first-order valence-electron chi connectivity index (χ1n) is 6.71. The first kappa shape index (κ1) is 13.5. The lowest BCUT2D eigenvalue weighted by molar-refractivity contribution is 0.0300. The maximum Gasteiger partial charge on any atom is 0.0802 e. The summed E-state index contributed by atoms with van der Waals surface area (Å²) in [5.74, 6) is 0. The Kier molecular flexibility index (Phi) is 4.75. The van der Waals surface area contributed by atoms with Gasteiger partial charge in [-0.2, -0.15) is 0 Å². The SMILES string of the molecule is Cc1cc(C)cc(C(O)CCN2CCOCC2)c1. The molecule has 1 aliphatic heterocycles. The number of hydrogen-bond donors (Lipinski definition) is 1. The topological polar surface area (TPSA) is 32.7 Å². The average Bonchev–Trinajstić information content (AvgIpc) is 2.36. The summed E-state index contributed by atoms with van der Waals surface area (Å²) in [6.45, 7) is 8.70. The molecule has 1 saturated heterocycles. The summed E-state index contributed by atoms with van der Waals surface area (Å²) in [5, 5.41) is 10.2. The standard InChI is InChI=1S/C15H23NO2/c1-12-9-13(2)11-14(10-12)15(17)3-4-16-5-7-18-8-6-16/h9-11,15,17H,3-8H2,1-2H3. The minimum absolute atomic E-state index is 0.355. The number of aliphatic hydroxyl groups excluding tert-OH is 1. The second-order valence-electron chi connectivity index (χ2n) is 5.18. The molecular formula is C15H23NO2. The Labute approximate surface area is 109 Å². The molecule has 1 unspecified atom stereocenters. The molecule has 0 spiro atoms. The molecule has 3 nitrogen and oxygen atoms in total. The van der Waals surface area contributed by atoms with Crippen molar-refractivity contribution >= 4 is 0 Å². The molecule has 1 N–H and O–H groups in total. The molecule has 0 saturated carbocycles. The lowest BCUT2D eigenvalue weighted by Crippen LogP contribution is -2.37. The largest absolute Gasteiger partial charge is 0.388 e. The molecule has 1 aliphatic rings. The number of rotatable bonds is 4. The molecule has 0 radical (unpaired) electrons. The van der Waals surface area contributed by atoms with Gasteiger partial charge in [-0.25, -0.2) is 0 Å². The second-order valence-corrected chi connectivity index (χ2v) is 5.18. The number of nitrogens with zero attached hydrogens (tertiary/aromatic N) is 1. The monoisotopic (exact) mass is 249 g/mol. The number of aryl methyl sites for hydroxylation is 2. The molecular weight excluding hydrogens is 226 g/mol. The fraction of sp³-hybridized carbons (Fsp3) is 0.600. The Morgan fingerprint density at radius 3 is 2.39 bits per heavy atom. The fourth-order valence-corrected chi connectivity index (χ4v) is 2.50. The third kappa shape index (κ3) is 3.80. The maximum absolute atomic E-state index is 10.2. The van der Waals surface area contributed by atoms with E-state index in [1.165, 1.54) is 11.1 Å². The van der Waals surface area contributed by atoms with Gasteiger partial charge in [0.15, 0.2) is 0 Å². The van der Waals surface area contributed by atoms with Crippen molar-refractivity contribution in [2.45, 2.75) is 26.4 Å². The van der Waals surface area contributed by atoms with E-state index in [1.807, 2.05) is 0 Å². The average molecular weight is 249 g/mol. The number of hydrogen-bond acceptors (Lipinski definition) is 3. The van der Waals surface area contributed by atoms with Crippen LogP contribution in [0.25, 0.3) is 0 Å². The van der Waals surface area contributed by atoms with Gasteiger partial charge in [-0.15, -0.1) is 0 Å². The van der Waals surface area contributed by atoms with Crippen molar-refractivity contribution in [1.29, 1.82) is 0 Å². The molecule has 0 amide bonds. The zero-order valence-electron chi connectivity index (χ0n) is 11.4. The number of aliphatic hydroxyl groups is 1. The van der Waals surface area contributed by atoms with Gasteiger partial charge >= 0.3 is 0 Å². The van der Waals surface area contributed by atoms with Crippen LogP contribution in [0.1, 0.15) is 29.2 Å². The maximum atomic E-state index is 10.2. The number of ether oxygens (including phenoxy) is 1. The minimum atomic E-state index is -0.355. The quantitative estimate of drug-likeness (QED) is 0.886. The minimum Gasteiger partial charge on any atom is -0.388 e. The normalized spacial score (nSPS) is 18.8. The van der Waals surface area contributed by atoms with Gasteiger partial charge in [0.2, 0.25) is 0 Å². The van der Waals surface area contributed by atoms with Gasteiger partial charge in [-0.3, -0.25) is 4.90 Å². The molecule has 0 aliphatic carbocycles. The van der Waals surface area contributed by atoms with Gasteiger partial charge in [0.05, 0.1) is 19.3 Å². The van der Waals surface area contributed by atoms with Crippen LogP contribution >= 0.6 is 0 Å². The van der Waals surface area contributed by atoms with Crippen molar-refractivity contribution < 1.29 is 9.84 Å². The van der Waals surface area contributed by atoms with Crippen LogP contribution < -0.4 is 0 Å². The van der Waals surface area contributed by atoms with Crippen LogP contribution in [-0.4, -0.2) is 42.9 Å². The van der Waals surface area contributed by atoms with E-state index in [-0.39, 0.29) is 6.10 Å². The third-order valence-corrected chi connectivity index (χ3v) is 3.45. The van der Waals surface area contributed by atoms with E-state index in [9.17, 15) is 5.11 Å². The molecule has 2 rings (SSSR count). The van der Waals surface area contributed by atoms with Gasteiger partial charge in [0, 0.05) is 19.6 Å². The first-order valence-corrected chi connectivity index (χ1v) is 6.71. The second kappa shape index (κ2) is 6.32. The van der Waals surface area contributed by atoms with Crippen molar-refractivity contribution in [3.63, 3.8) is 0 Å². The highest BCUT2D eigenvalue weighted by atomic mass is 16.5. The Morgan fingerprint density at radius 2 is 1.78 bits per heavy atom. The Morgan fingerprint density at radius 1 is 1.17 bits per heavy atom. The summed E-state index contributed by atoms with van der Waals surface area (Å²) in [5.41, 5.74) is 3.48. The van der Waals surface area contributed by atoms with Crippen molar-refractivity contribution in [2.24, 2.45) is 0 Å². The molecule has 0 bridgehead atoms. The molecule has 1 heterocycles. The number of benzene rings is 1. The van der Waals surface area contributed by atoms with Crippen LogP contribution in [-0.2, 0) is 4.74 Å².